The van der Waals surface area contributed by atoms with Crippen LogP contribution in [0.3, 0.4) is 0 Å². The first-order valence-electron chi connectivity index (χ1n) is 6.61. The summed E-state index contributed by atoms with van der Waals surface area (Å²) in [5.41, 5.74) is 9.89. The zero-order chi connectivity index (χ0) is 15.0. The van der Waals surface area contributed by atoms with Gasteiger partial charge in [0.2, 0.25) is 5.95 Å². The minimum absolute atomic E-state index is 0.430. The van der Waals surface area contributed by atoms with Crippen LogP contribution in [0.5, 0.6) is 11.5 Å². The SMILES string of the molecule is COc1ccc(-n2c(N)nc3cc(C)ccc32)c(OC)c1. The van der Waals surface area contributed by atoms with Gasteiger partial charge < -0.3 is 15.2 Å². The summed E-state index contributed by atoms with van der Waals surface area (Å²) in [7, 11) is 3.25. The molecule has 0 atom stereocenters. The Hall–Kier alpha value is -2.69. The van der Waals surface area contributed by atoms with Gasteiger partial charge in [-0.1, -0.05) is 6.07 Å². The molecule has 0 aliphatic carbocycles. The number of nitrogens with two attached hydrogens (primary N) is 1. The number of hydrogen-bond donors (Lipinski definition) is 1. The molecule has 3 rings (SSSR count). The van der Waals surface area contributed by atoms with Gasteiger partial charge in [0.05, 0.1) is 30.9 Å². The molecule has 0 unspecified atom stereocenters. The number of imidazole rings is 1. The maximum Gasteiger partial charge on any atom is 0.206 e. The third-order valence-corrected chi connectivity index (χ3v) is 3.46. The molecular weight excluding hydrogens is 266 g/mol. The number of hydrogen-bond acceptors (Lipinski definition) is 4. The molecule has 1 aromatic heterocycles. The molecule has 0 saturated carbocycles. The molecule has 0 spiro atoms. The normalized spacial score (nSPS) is 10.8. The van der Waals surface area contributed by atoms with Gasteiger partial charge in [0, 0.05) is 6.07 Å². The van der Waals surface area contributed by atoms with Crippen LogP contribution in [-0.4, -0.2) is 23.8 Å². The summed E-state index contributed by atoms with van der Waals surface area (Å²) in [5.74, 6) is 1.84. The topological polar surface area (TPSA) is 62.3 Å². The number of ether oxygens (including phenoxy) is 2. The van der Waals surface area contributed by atoms with E-state index < -0.39 is 0 Å². The number of nitrogens with zero attached hydrogens (tertiary/aromatic N) is 2. The molecule has 3 aromatic rings. The Labute approximate surface area is 122 Å². The van der Waals surface area contributed by atoms with E-state index in [1.807, 2.05) is 47.9 Å². The Morgan fingerprint density at radius 2 is 1.86 bits per heavy atom. The number of fused-ring (bicyclic) bond motifs is 1. The Balaban J connectivity index is 2.27. The first-order valence-corrected chi connectivity index (χ1v) is 6.61. The predicted molar refractivity (Wildman–Crippen MR) is 83.3 cm³/mol. The summed E-state index contributed by atoms with van der Waals surface area (Å²) in [6, 6.07) is 11.7. The number of nitrogen functional groups attached to an aromatic ring is 1. The maximum absolute atomic E-state index is 6.09. The molecular formula is C16H17N3O2. The molecule has 0 radical (unpaired) electrons. The van der Waals surface area contributed by atoms with E-state index in [9.17, 15) is 0 Å². The third kappa shape index (κ3) is 2.16. The van der Waals surface area contributed by atoms with E-state index in [0.717, 1.165) is 28.0 Å². The Bertz CT molecular complexity index is 809. The van der Waals surface area contributed by atoms with Gasteiger partial charge in [-0.25, -0.2) is 4.98 Å². The van der Waals surface area contributed by atoms with E-state index >= 15 is 0 Å². The molecule has 0 aliphatic heterocycles. The predicted octanol–water partition coefficient (Wildman–Crippen LogP) is 2.93. The molecule has 5 heteroatoms. The standard InChI is InChI=1S/C16H17N3O2/c1-10-4-6-13-12(8-10)18-16(17)19(13)14-7-5-11(20-2)9-15(14)21-3/h4-9H,1-3H3,(H2,17,18). The van der Waals surface area contributed by atoms with Crippen molar-refractivity contribution >= 4 is 17.0 Å². The van der Waals surface area contributed by atoms with Crippen molar-refractivity contribution in [1.29, 1.82) is 0 Å². The summed E-state index contributed by atoms with van der Waals surface area (Å²) in [5, 5.41) is 0. The van der Waals surface area contributed by atoms with Crippen LogP contribution >= 0.6 is 0 Å². The van der Waals surface area contributed by atoms with Gasteiger partial charge in [0.25, 0.3) is 0 Å². The summed E-state index contributed by atoms with van der Waals surface area (Å²) in [6.45, 7) is 2.03. The van der Waals surface area contributed by atoms with E-state index in [2.05, 4.69) is 4.98 Å². The lowest BCUT2D eigenvalue weighted by atomic mass is 10.2. The fourth-order valence-corrected chi connectivity index (χ4v) is 2.43. The summed E-state index contributed by atoms with van der Waals surface area (Å²) in [6.07, 6.45) is 0. The quantitative estimate of drug-likeness (QED) is 0.802. The Morgan fingerprint density at radius 1 is 1.05 bits per heavy atom. The van der Waals surface area contributed by atoms with Crippen molar-refractivity contribution in [3.63, 3.8) is 0 Å². The minimum atomic E-state index is 0.430. The van der Waals surface area contributed by atoms with Gasteiger partial charge in [-0.05, 0) is 36.8 Å². The molecule has 1 heterocycles. The molecule has 21 heavy (non-hydrogen) atoms. The van der Waals surface area contributed by atoms with Crippen molar-refractivity contribution in [2.75, 3.05) is 20.0 Å². The average Bonchev–Trinajstić information content (AvgIpc) is 2.81. The highest BCUT2D eigenvalue weighted by Crippen LogP contribution is 2.32. The van der Waals surface area contributed by atoms with Crippen molar-refractivity contribution in [3.8, 4) is 17.2 Å². The highest BCUT2D eigenvalue weighted by molar-refractivity contribution is 5.82. The number of benzene rings is 2. The number of methoxy groups -OCH3 is 2. The highest BCUT2D eigenvalue weighted by atomic mass is 16.5. The lowest BCUT2D eigenvalue weighted by Crippen LogP contribution is -2.03. The van der Waals surface area contributed by atoms with Gasteiger partial charge in [-0.15, -0.1) is 0 Å². The van der Waals surface area contributed by atoms with Crippen LogP contribution in [0.25, 0.3) is 16.7 Å². The third-order valence-electron chi connectivity index (χ3n) is 3.46. The van der Waals surface area contributed by atoms with Crippen molar-refractivity contribution in [3.05, 3.63) is 42.0 Å². The number of rotatable bonds is 3. The lowest BCUT2D eigenvalue weighted by Gasteiger charge is -2.13. The second-order valence-corrected chi connectivity index (χ2v) is 4.84. The zero-order valence-corrected chi connectivity index (χ0v) is 12.3. The van der Waals surface area contributed by atoms with Crippen molar-refractivity contribution in [2.24, 2.45) is 0 Å². The van der Waals surface area contributed by atoms with Crippen LogP contribution in [0.1, 0.15) is 5.56 Å². The van der Waals surface area contributed by atoms with E-state index in [1.165, 1.54) is 0 Å². The molecule has 0 saturated heterocycles. The van der Waals surface area contributed by atoms with E-state index in [-0.39, 0.29) is 0 Å². The summed E-state index contributed by atoms with van der Waals surface area (Å²) in [4.78, 5) is 4.42. The van der Waals surface area contributed by atoms with Crippen LogP contribution in [-0.2, 0) is 0 Å². The van der Waals surface area contributed by atoms with Crippen LogP contribution in [0, 0.1) is 6.92 Å². The monoisotopic (exact) mass is 283 g/mol. The molecule has 5 nitrogen and oxygen atoms in total. The second kappa shape index (κ2) is 5.01. The van der Waals surface area contributed by atoms with Gasteiger partial charge in [-0.3, -0.25) is 4.57 Å². The molecule has 0 aliphatic rings. The molecule has 0 fully saturated rings. The van der Waals surface area contributed by atoms with Crippen LogP contribution in [0.4, 0.5) is 5.95 Å². The summed E-state index contributed by atoms with van der Waals surface area (Å²) < 4.78 is 12.6. The largest absolute Gasteiger partial charge is 0.497 e. The minimum Gasteiger partial charge on any atom is -0.497 e. The van der Waals surface area contributed by atoms with Gasteiger partial charge >= 0.3 is 0 Å². The smallest absolute Gasteiger partial charge is 0.206 e. The van der Waals surface area contributed by atoms with Crippen molar-refractivity contribution in [2.45, 2.75) is 6.92 Å². The molecule has 2 aromatic carbocycles. The lowest BCUT2D eigenvalue weighted by molar-refractivity contribution is 0.393. The number of aryl methyl sites for hydroxylation is 1. The maximum atomic E-state index is 6.09. The van der Waals surface area contributed by atoms with Crippen LogP contribution < -0.4 is 15.2 Å². The zero-order valence-electron chi connectivity index (χ0n) is 12.3. The first kappa shape index (κ1) is 13.3. The number of aromatic nitrogens is 2. The van der Waals surface area contributed by atoms with Crippen molar-refractivity contribution in [1.82, 2.24) is 9.55 Å². The molecule has 2 N–H and O–H groups in total. The summed E-state index contributed by atoms with van der Waals surface area (Å²) >= 11 is 0. The van der Waals surface area contributed by atoms with Gasteiger partial charge in [0.15, 0.2) is 0 Å². The van der Waals surface area contributed by atoms with Gasteiger partial charge in [-0.2, -0.15) is 0 Å². The van der Waals surface area contributed by atoms with Crippen molar-refractivity contribution < 1.29 is 9.47 Å². The molecule has 0 bridgehead atoms. The Kier molecular flexibility index (Phi) is 3.17. The Morgan fingerprint density at radius 3 is 2.57 bits per heavy atom. The first-order chi connectivity index (χ1) is 10.1. The van der Waals surface area contributed by atoms with Crippen LogP contribution in [0.2, 0.25) is 0 Å². The van der Waals surface area contributed by atoms with E-state index in [4.69, 9.17) is 15.2 Å². The van der Waals surface area contributed by atoms with E-state index in [0.29, 0.717) is 11.7 Å². The van der Waals surface area contributed by atoms with Gasteiger partial charge in [0.1, 0.15) is 11.5 Å². The second-order valence-electron chi connectivity index (χ2n) is 4.84. The number of anilines is 1. The van der Waals surface area contributed by atoms with Crippen LogP contribution in [0.15, 0.2) is 36.4 Å². The average molecular weight is 283 g/mol. The fourth-order valence-electron chi connectivity index (χ4n) is 2.43. The molecule has 108 valence electrons. The molecule has 0 amide bonds. The van der Waals surface area contributed by atoms with E-state index in [1.54, 1.807) is 14.2 Å². The fraction of sp³-hybridized carbons (Fsp3) is 0.188. The highest BCUT2D eigenvalue weighted by Gasteiger charge is 2.14.